The highest BCUT2D eigenvalue weighted by molar-refractivity contribution is 5.97. The zero-order valence-electron chi connectivity index (χ0n) is 11.1. The van der Waals surface area contributed by atoms with Gasteiger partial charge in [0.15, 0.2) is 0 Å². The van der Waals surface area contributed by atoms with Gasteiger partial charge in [-0.1, -0.05) is 0 Å². The monoisotopic (exact) mass is 281 g/mol. The van der Waals surface area contributed by atoms with Gasteiger partial charge in [0.05, 0.1) is 12.7 Å². The van der Waals surface area contributed by atoms with Crippen LogP contribution < -0.4 is 15.8 Å². The second kappa shape index (κ2) is 5.87. The summed E-state index contributed by atoms with van der Waals surface area (Å²) in [6, 6.07) is 3.21. The van der Waals surface area contributed by atoms with Crippen LogP contribution in [0.15, 0.2) is 18.2 Å². The Labute approximate surface area is 115 Å². The number of primary amides is 1. The number of benzene rings is 1. The summed E-state index contributed by atoms with van der Waals surface area (Å²) in [4.78, 5) is 25.0. The SMILES string of the molecule is COc1ccc(C(=O)N2CCNCC2C(N)=O)c(F)c1. The Morgan fingerprint density at radius 3 is 2.85 bits per heavy atom. The van der Waals surface area contributed by atoms with Crippen molar-refractivity contribution in [3.8, 4) is 5.75 Å². The van der Waals surface area contributed by atoms with Crippen LogP contribution >= 0.6 is 0 Å². The summed E-state index contributed by atoms with van der Waals surface area (Å²) in [5, 5.41) is 2.98. The largest absolute Gasteiger partial charge is 0.497 e. The van der Waals surface area contributed by atoms with Crippen LogP contribution in [0.2, 0.25) is 0 Å². The molecule has 1 aliphatic heterocycles. The van der Waals surface area contributed by atoms with Gasteiger partial charge in [0, 0.05) is 25.7 Å². The Morgan fingerprint density at radius 2 is 2.25 bits per heavy atom. The van der Waals surface area contributed by atoms with Gasteiger partial charge in [0.25, 0.3) is 5.91 Å². The van der Waals surface area contributed by atoms with E-state index in [0.29, 0.717) is 18.8 Å². The number of hydrogen-bond acceptors (Lipinski definition) is 4. The second-order valence-electron chi connectivity index (χ2n) is 4.47. The molecule has 1 aromatic carbocycles. The Kier molecular flexibility index (Phi) is 4.19. The highest BCUT2D eigenvalue weighted by Crippen LogP contribution is 2.19. The molecule has 1 atom stereocenters. The van der Waals surface area contributed by atoms with Crippen LogP contribution in [0.4, 0.5) is 4.39 Å². The second-order valence-corrected chi connectivity index (χ2v) is 4.47. The number of amides is 2. The van der Waals surface area contributed by atoms with Gasteiger partial charge in [0.2, 0.25) is 5.91 Å². The van der Waals surface area contributed by atoms with E-state index in [0.717, 1.165) is 6.07 Å². The molecule has 1 heterocycles. The fourth-order valence-electron chi connectivity index (χ4n) is 2.15. The van der Waals surface area contributed by atoms with E-state index < -0.39 is 23.7 Å². The van der Waals surface area contributed by atoms with Crippen molar-refractivity contribution in [3.05, 3.63) is 29.6 Å². The Morgan fingerprint density at radius 1 is 1.50 bits per heavy atom. The molecule has 0 aliphatic carbocycles. The molecule has 1 unspecified atom stereocenters. The zero-order chi connectivity index (χ0) is 14.7. The van der Waals surface area contributed by atoms with Crippen LogP contribution in [0.3, 0.4) is 0 Å². The Hall–Kier alpha value is -2.15. The fraction of sp³-hybridized carbons (Fsp3) is 0.385. The lowest BCUT2D eigenvalue weighted by atomic mass is 10.1. The van der Waals surface area contributed by atoms with E-state index in [1.165, 1.54) is 24.1 Å². The highest BCUT2D eigenvalue weighted by Gasteiger charge is 2.32. The van der Waals surface area contributed by atoms with E-state index >= 15 is 0 Å². The van der Waals surface area contributed by atoms with Crippen LogP contribution in [-0.4, -0.2) is 49.5 Å². The minimum Gasteiger partial charge on any atom is -0.497 e. The van der Waals surface area contributed by atoms with Crippen molar-refractivity contribution in [2.45, 2.75) is 6.04 Å². The smallest absolute Gasteiger partial charge is 0.257 e. The minimum absolute atomic E-state index is 0.0982. The summed E-state index contributed by atoms with van der Waals surface area (Å²) in [6.07, 6.45) is 0. The molecule has 20 heavy (non-hydrogen) atoms. The summed E-state index contributed by atoms with van der Waals surface area (Å²) in [5.41, 5.74) is 5.17. The molecule has 1 aliphatic rings. The van der Waals surface area contributed by atoms with Gasteiger partial charge in [-0.2, -0.15) is 0 Å². The van der Waals surface area contributed by atoms with Gasteiger partial charge in [0.1, 0.15) is 17.6 Å². The van der Waals surface area contributed by atoms with E-state index in [2.05, 4.69) is 5.32 Å². The number of rotatable bonds is 3. The molecular formula is C13H16FN3O3. The van der Waals surface area contributed by atoms with Crippen molar-refractivity contribution < 1.29 is 18.7 Å². The van der Waals surface area contributed by atoms with Gasteiger partial charge < -0.3 is 20.7 Å². The third-order valence-electron chi connectivity index (χ3n) is 3.24. The lowest BCUT2D eigenvalue weighted by Crippen LogP contribution is -2.58. The lowest BCUT2D eigenvalue weighted by Gasteiger charge is -2.34. The van der Waals surface area contributed by atoms with Crippen molar-refractivity contribution in [2.24, 2.45) is 5.73 Å². The first kappa shape index (κ1) is 14.3. The van der Waals surface area contributed by atoms with Gasteiger partial charge >= 0.3 is 0 Å². The number of carbonyl (C=O) groups is 2. The molecule has 1 fully saturated rings. The van der Waals surface area contributed by atoms with E-state index in [1.807, 2.05) is 0 Å². The Bertz CT molecular complexity index is 536. The highest BCUT2D eigenvalue weighted by atomic mass is 19.1. The molecule has 0 bridgehead atoms. The average Bonchev–Trinajstić information content (AvgIpc) is 2.46. The number of ether oxygens (including phenoxy) is 1. The Balaban J connectivity index is 2.27. The van der Waals surface area contributed by atoms with Crippen molar-refractivity contribution in [3.63, 3.8) is 0 Å². The van der Waals surface area contributed by atoms with Crippen LogP contribution in [0.25, 0.3) is 0 Å². The number of nitrogens with two attached hydrogens (primary N) is 1. The van der Waals surface area contributed by atoms with Crippen LogP contribution in [0.5, 0.6) is 5.75 Å². The molecule has 3 N–H and O–H groups in total. The minimum atomic E-state index is -0.766. The van der Waals surface area contributed by atoms with Gasteiger partial charge in [-0.3, -0.25) is 9.59 Å². The molecule has 0 aromatic heterocycles. The third kappa shape index (κ3) is 2.72. The number of hydrogen-bond donors (Lipinski definition) is 2. The maximum atomic E-state index is 13.9. The van der Waals surface area contributed by atoms with Gasteiger partial charge in [-0.15, -0.1) is 0 Å². The number of methoxy groups -OCH3 is 1. The normalized spacial score (nSPS) is 18.7. The number of carbonyl (C=O) groups excluding carboxylic acids is 2. The zero-order valence-corrected chi connectivity index (χ0v) is 11.1. The molecule has 108 valence electrons. The third-order valence-corrected chi connectivity index (χ3v) is 3.24. The molecule has 2 rings (SSSR count). The quantitative estimate of drug-likeness (QED) is 0.799. The fourth-order valence-corrected chi connectivity index (χ4v) is 2.15. The molecule has 7 heteroatoms. The maximum absolute atomic E-state index is 13.9. The van der Waals surface area contributed by atoms with E-state index in [9.17, 15) is 14.0 Å². The van der Waals surface area contributed by atoms with E-state index in [4.69, 9.17) is 10.5 Å². The first-order chi connectivity index (χ1) is 9.54. The number of nitrogens with one attached hydrogen (secondary N) is 1. The summed E-state index contributed by atoms with van der Waals surface area (Å²) in [5.74, 6) is -1.52. The summed E-state index contributed by atoms with van der Waals surface area (Å²) in [6.45, 7) is 1.12. The molecular weight excluding hydrogens is 265 g/mol. The molecule has 6 nitrogen and oxygen atoms in total. The first-order valence-corrected chi connectivity index (χ1v) is 6.19. The molecule has 2 amide bonds. The van der Waals surface area contributed by atoms with Crippen molar-refractivity contribution >= 4 is 11.8 Å². The molecule has 0 radical (unpaired) electrons. The van der Waals surface area contributed by atoms with Crippen LogP contribution in [-0.2, 0) is 4.79 Å². The summed E-state index contributed by atoms with van der Waals surface area (Å²) >= 11 is 0. The molecule has 1 aromatic rings. The summed E-state index contributed by atoms with van der Waals surface area (Å²) in [7, 11) is 1.41. The van der Waals surface area contributed by atoms with Crippen LogP contribution in [0, 0.1) is 5.82 Å². The average molecular weight is 281 g/mol. The lowest BCUT2D eigenvalue weighted by molar-refractivity contribution is -0.122. The molecule has 0 saturated carbocycles. The number of piperazine rings is 1. The first-order valence-electron chi connectivity index (χ1n) is 6.19. The summed E-state index contributed by atoms with van der Waals surface area (Å²) < 4.78 is 18.8. The number of nitrogens with zero attached hydrogens (tertiary/aromatic N) is 1. The molecule has 0 spiro atoms. The molecule has 1 saturated heterocycles. The predicted molar refractivity (Wildman–Crippen MR) is 69.8 cm³/mol. The van der Waals surface area contributed by atoms with Crippen molar-refractivity contribution in [1.29, 1.82) is 0 Å². The predicted octanol–water partition coefficient (Wildman–Crippen LogP) is -0.266. The van der Waals surface area contributed by atoms with Gasteiger partial charge in [-0.25, -0.2) is 4.39 Å². The standard InChI is InChI=1S/C13H16FN3O3/c1-20-8-2-3-9(10(14)6-8)13(19)17-5-4-16-7-11(17)12(15)18/h2-3,6,11,16H,4-5,7H2,1H3,(H2,15,18). The topological polar surface area (TPSA) is 84.7 Å². The van der Waals surface area contributed by atoms with E-state index in [-0.39, 0.29) is 12.1 Å². The number of halogens is 1. The van der Waals surface area contributed by atoms with Crippen LogP contribution in [0.1, 0.15) is 10.4 Å². The van der Waals surface area contributed by atoms with Gasteiger partial charge in [-0.05, 0) is 12.1 Å². The van der Waals surface area contributed by atoms with Crippen molar-refractivity contribution in [2.75, 3.05) is 26.7 Å². The maximum Gasteiger partial charge on any atom is 0.257 e. The van der Waals surface area contributed by atoms with Crippen molar-refractivity contribution in [1.82, 2.24) is 10.2 Å². The van der Waals surface area contributed by atoms with E-state index in [1.54, 1.807) is 0 Å².